The maximum Gasteiger partial charge on any atom is 0.255 e. The van der Waals surface area contributed by atoms with E-state index in [1.165, 1.54) is 17.5 Å². The van der Waals surface area contributed by atoms with Gasteiger partial charge in [-0.15, -0.1) is 0 Å². The summed E-state index contributed by atoms with van der Waals surface area (Å²) in [6.45, 7) is -0.265. The van der Waals surface area contributed by atoms with Gasteiger partial charge in [0, 0.05) is 5.69 Å². The molecule has 1 aliphatic carbocycles. The highest BCUT2D eigenvalue weighted by Crippen LogP contribution is 2.24. The molecule has 1 aliphatic rings. The zero-order valence-corrected chi connectivity index (χ0v) is 7.89. The SMILES string of the molecule is FC(F)CNc1ccc2c(c1)CCC2. The maximum atomic E-state index is 11.9. The van der Waals surface area contributed by atoms with Crippen LogP contribution in [0, 0.1) is 0 Å². The van der Waals surface area contributed by atoms with Crippen LogP contribution in [0.1, 0.15) is 17.5 Å². The van der Waals surface area contributed by atoms with Crippen molar-refractivity contribution >= 4 is 5.69 Å². The number of rotatable bonds is 3. The zero-order chi connectivity index (χ0) is 9.97. The fourth-order valence-electron chi connectivity index (χ4n) is 1.88. The van der Waals surface area contributed by atoms with E-state index in [9.17, 15) is 8.78 Å². The number of halogens is 2. The highest BCUT2D eigenvalue weighted by molar-refractivity contribution is 5.50. The van der Waals surface area contributed by atoms with Crippen LogP contribution in [0.5, 0.6) is 0 Å². The molecule has 2 rings (SSSR count). The first-order chi connectivity index (χ1) is 6.75. The summed E-state index contributed by atoms with van der Waals surface area (Å²) < 4.78 is 23.9. The minimum Gasteiger partial charge on any atom is -0.379 e. The van der Waals surface area contributed by atoms with E-state index in [1.54, 1.807) is 0 Å². The number of aryl methyl sites for hydroxylation is 2. The zero-order valence-electron chi connectivity index (χ0n) is 7.89. The lowest BCUT2D eigenvalue weighted by molar-refractivity contribution is 0.163. The molecular weight excluding hydrogens is 184 g/mol. The molecule has 1 N–H and O–H groups in total. The van der Waals surface area contributed by atoms with Crippen molar-refractivity contribution in [1.29, 1.82) is 0 Å². The van der Waals surface area contributed by atoms with Gasteiger partial charge in [-0.3, -0.25) is 0 Å². The van der Waals surface area contributed by atoms with Crippen LogP contribution < -0.4 is 5.32 Å². The fraction of sp³-hybridized carbons (Fsp3) is 0.455. The van der Waals surface area contributed by atoms with Crippen molar-refractivity contribution in [2.75, 3.05) is 11.9 Å². The van der Waals surface area contributed by atoms with E-state index < -0.39 is 6.43 Å². The minimum absolute atomic E-state index is 0.265. The second-order valence-corrected chi connectivity index (χ2v) is 3.61. The van der Waals surface area contributed by atoms with Gasteiger partial charge in [0.2, 0.25) is 0 Å². The number of hydrogen-bond donors (Lipinski definition) is 1. The topological polar surface area (TPSA) is 12.0 Å². The molecule has 0 spiro atoms. The number of nitrogens with one attached hydrogen (secondary N) is 1. The maximum absolute atomic E-state index is 11.9. The fourth-order valence-corrected chi connectivity index (χ4v) is 1.88. The Kier molecular flexibility index (Phi) is 2.66. The van der Waals surface area contributed by atoms with Gasteiger partial charge in [0.05, 0.1) is 6.54 Å². The molecule has 0 bridgehead atoms. The van der Waals surface area contributed by atoms with Crippen LogP contribution >= 0.6 is 0 Å². The molecule has 0 radical (unpaired) electrons. The summed E-state index contributed by atoms with van der Waals surface area (Å²) in [6.07, 6.45) is 1.11. The summed E-state index contributed by atoms with van der Waals surface area (Å²) in [5.41, 5.74) is 3.49. The van der Waals surface area contributed by atoms with Gasteiger partial charge < -0.3 is 5.32 Å². The average Bonchev–Trinajstić information content (AvgIpc) is 2.61. The monoisotopic (exact) mass is 197 g/mol. The summed E-state index contributed by atoms with van der Waals surface area (Å²) in [5.74, 6) is 0. The molecule has 1 nitrogen and oxygen atoms in total. The lowest BCUT2D eigenvalue weighted by atomic mass is 10.1. The first-order valence-electron chi connectivity index (χ1n) is 4.89. The van der Waals surface area contributed by atoms with Crippen molar-refractivity contribution in [2.45, 2.75) is 25.7 Å². The Morgan fingerprint density at radius 3 is 2.79 bits per heavy atom. The van der Waals surface area contributed by atoms with E-state index in [0.717, 1.165) is 18.5 Å². The Balaban J connectivity index is 2.05. The third kappa shape index (κ3) is 2.03. The molecule has 3 heteroatoms. The van der Waals surface area contributed by atoms with Crippen molar-refractivity contribution in [3.05, 3.63) is 29.3 Å². The highest BCUT2D eigenvalue weighted by Gasteiger charge is 2.10. The number of alkyl halides is 2. The van der Waals surface area contributed by atoms with E-state index in [-0.39, 0.29) is 6.54 Å². The first kappa shape index (κ1) is 9.44. The Hall–Kier alpha value is -1.12. The van der Waals surface area contributed by atoms with Gasteiger partial charge in [-0.25, -0.2) is 8.78 Å². The van der Waals surface area contributed by atoms with E-state index in [4.69, 9.17) is 0 Å². The molecule has 0 atom stereocenters. The minimum atomic E-state index is -2.29. The van der Waals surface area contributed by atoms with Crippen molar-refractivity contribution in [1.82, 2.24) is 0 Å². The van der Waals surface area contributed by atoms with Crippen molar-refractivity contribution in [2.24, 2.45) is 0 Å². The second kappa shape index (κ2) is 3.95. The van der Waals surface area contributed by atoms with Gasteiger partial charge in [0.1, 0.15) is 0 Å². The average molecular weight is 197 g/mol. The van der Waals surface area contributed by atoms with Crippen LogP contribution in [-0.2, 0) is 12.8 Å². The summed E-state index contributed by atoms with van der Waals surface area (Å²) in [5, 5.41) is 2.72. The van der Waals surface area contributed by atoms with Gasteiger partial charge in [-0.2, -0.15) is 0 Å². The van der Waals surface area contributed by atoms with Gasteiger partial charge >= 0.3 is 0 Å². The largest absolute Gasteiger partial charge is 0.379 e. The Morgan fingerprint density at radius 2 is 2.00 bits per heavy atom. The Morgan fingerprint density at radius 1 is 1.21 bits per heavy atom. The highest BCUT2D eigenvalue weighted by atomic mass is 19.3. The molecule has 0 unspecified atom stereocenters. The third-order valence-corrected chi connectivity index (χ3v) is 2.56. The molecule has 0 saturated carbocycles. The van der Waals surface area contributed by atoms with E-state index in [2.05, 4.69) is 5.32 Å². The Bertz CT molecular complexity index is 323. The molecule has 0 amide bonds. The Labute approximate surface area is 82.1 Å². The predicted molar refractivity (Wildman–Crippen MR) is 53.0 cm³/mol. The predicted octanol–water partition coefficient (Wildman–Crippen LogP) is 2.85. The van der Waals surface area contributed by atoms with Crippen LogP contribution in [0.15, 0.2) is 18.2 Å². The van der Waals surface area contributed by atoms with E-state index >= 15 is 0 Å². The van der Waals surface area contributed by atoms with Gasteiger partial charge in [-0.05, 0) is 42.5 Å². The quantitative estimate of drug-likeness (QED) is 0.785. The number of hydrogen-bond acceptors (Lipinski definition) is 1. The molecule has 0 heterocycles. The lowest BCUT2D eigenvalue weighted by Gasteiger charge is -2.07. The van der Waals surface area contributed by atoms with Crippen LogP contribution in [0.4, 0.5) is 14.5 Å². The molecule has 1 aromatic carbocycles. The molecule has 76 valence electrons. The normalized spacial score (nSPS) is 14.5. The van der Waals surface area contributed by atoms with E-state index in [1.807, 2.05) is 18.2 Å². The molecule has 0 aliphatic heterocycles. The van der Waals surface area contributed by atoms with Crippen LogP contribution in [-0.4, -0.2) is 13.0 Å². The summed E-state index contributed by atoms with van der Waals surface area (Å²) in [6, 6.07) is 5.91. The van der Waals surface area contributed by atoms with Crippen molar-refractivity contribution in [3.63, 3.8) is 0 Å². The molecule has 14 heavy (non-hydrogen) atoms. The number of anilines is 1. The van der Waals surface area contributed by atoms with Crippen LogP contribution in [0.3, 0.4) is 0 Å². The third-order valence-electron chi connectivity index (χ3n) is 2.56. The molecule has 1 aromatic rings. The van der Waals surface area contributed by atoms with Crippen molar-refractivity contribution < 1.29 is 8.78 Å². The van der Waals surface area contributed by atoms with Gasteiger partial charge in [0.25, 0.3) is 6.43 Å². The van der Waals surface area contributed by atoms with Gasteiger partial charge in [-0.1, -0.05) is 6.07 Å². The smallest absolute Gasteiger partial charge is 0.255 e. The van der Waals surface area contributed by atoms with E-state index in [0.29, 0.717) is 0 Å². The summed E-state index contributed by atoms with van der Waals surface area (Å²) in [7, 11) is 0. The summed E-state index contributed by atoms with van der Waals surface area (Å²) in [4.78, 5) is 0. The van der Waals surface area contributed by atoms with Crippen LogP contribution in [0.25, 0.3) is 0 Å². The first-order valence-corrected chi connectivity index (χ1v) is 4.89. The second-order valence-electron chi connectivity index (χ2n) is 3.61. The standard InChI is InChI=1S/C11H13F2N/c12-11(13)7-14-10-5-4-8-2-1-3-9(8)6-10/h4-6,11,14H,1-3,7H2. The molecular formula is C11H13F2N. The van der Waals surface area contributed by atoms with Crippen molar-refractivity contribution in [3.8, 4) is 0 Å². The molecule has 0 aromatic heterocycles. The van der Waals surface area contributed by atoms with Gasteiger partial charge in [0.15, 0.2) is 0 Å². The molecule has 0 saturated heterocycles. The summed E-state index contributed by atoms with van der Waals surface area (Å²) >= 11 is 0. The molecule has 0 fully saturated rings. The lowest BCUT2D eigenvalue weighted by Crippen LogP contribution is -2.10. The van der Waals surface area contributed by atoms with Crippen LogP contribution in [0.2, 0.25) is 0 Å². The number of fused-ring (bicyclic) bond motifs is 1. The number of benzene rings is 1.